The van der Waals surface area contributed by atoms with Gasteiger partial charge in [-0.3, -0.25) is 4.98 Å². The minimum atomic E-state index is -0.584. The lowest BCUT2D eigenvalue weighted by Gasteiger charge is -2.15. The summed E-state index contributed by atoms with van der Waals surface area (Å²) in [7, 11) is 0. The van der Waals surface area contributed by atoms with Crippen LogP contribution in [0.3, 0.4) is 0 Å². The normalized spacial score (nSPS) is 12.5. The van der Waals surface area contributed by atoms with Crippen LogP contribution in [0.4, 0.5) is 8.78 Å². The van der Waals surface area contributed by atoms with E-state index in [1.165, 1.54) is 12.1 Å². The van der Waals surface area contributed by atoms with Gasteiger partial charge in [-0.1, -0.05) is 24.3 Å². The van der Waals surface area contributed by atoms with Gasteiger partial charge in [-0.25, -0.2) is 8.78 Å². The van der Waals surface area contributed by atoms with Crippen LogP contribution in [0.2, 0.25) is 0 Å². The van der Waals surface area contributed by atoms with Crippen LogP contribution in [0.5, 0.6) is 0 Å². The van der Waals surface area contributed by atoms with Crippen LogP contribution in [0.15, 0.2) is 54.7 Å². The van der Waals surface area contributed by atoms with Crippen LogP contribution >= 0.6 is 0 Å². The molecule has 3 rings (SSSR count). The largest absolute Gasteiger partial charge is 0.324 e. The Hall–Kier alpha value is -2.33. The van der Waals surface area contributed by atoms with E-state index >= 15 is 0 Å². The highest BCUT2D eigenvalue weighted by molar-refractivity contribution is 5.82. The molecule has 1 atom stereocenters. The lowest BCUT2D eigenvalue weighted by atomic mass is 9.96. The van der Waals surface area contributed by atoms with Crippen molar-refractivity contribution in [2.24, 2.45) is 5.73 Å². The Bertz CT molecular complexity index is 781. The third-order valence-corrected chi connectivity index (χ3v) is 3.53. The molecule has 1 aromatic heterocycles. The number of halogens is 2. The summed E-state index contributed by atoms with van der Waals surface area (Å²) in [6.45, 7) is 0. The van der Waals surface area contributed by atoms with Gasteiger partial charge in [-0.15, -0.1) is 0 Å². The number of aromatic nitrogens is 1. The number of hydrogen-bond donors (Lipinski definition) is 1. The van der Waals surface area contributed by atoms with Crippen LogP contribution in [-0.4, -0.2) is 4.98 Å². The first-order valence-electron chi connectivity index (χ1n) is 6.68. The maximum absolute atomic E-state index is 13.7. The number of fused-ring (bicyclic) bond motifs is 1. The van der Waals surface area contributed by atoms with E-state index in [9.17, 15) is 8.78 Å². The van der Waals surface area contributed by atoms with Gasteiger partial charge in [0, 0.05) is 23.7 Å². The molecule has 0 aliphatic heterocycles. The fraction of sp³-hybridized carbons (Fsp3) is 0.118. The van der Waals surface area contributed by atoms with Gasteiger partial charge < -0.3 is 5.73 Å². The maximum Gasteiger partial charge on any atom is 0.129 e. The van der Waals surface area contributed by atoms with E-state index in [0.29, 0.717) is 12.0 Å². The molecule has 0 spiro atoms. The molecule has 0 bridgehead atoms. The lowest BCUT2D eigenvalue weighted by molar-refractivity contribution is 0.563. The molecule has 106 valence electrons. The molecule has 0 fully saturated rings. The van der Waals surface area contributed by atoms with Gasteiger partial charge in [0.1, 0.15) is 11.6 Å². The summed E-state index contributed by atoms with van der Waals surface area (Å²) >= 11 is 0. The van der Waals surface area contributed by atoms with Gasteiger partial charge in [-0.2, -0.15) is 0 Å². The van der Waals surface area contributed by atoms with E-state index in [2.05, 4.69) is 4.98 Å². The summed E-state index contributed by atoms with van der Waals surface area (Å²) < 4.78 is 26.7. The van der Waals surface area contributed by atoms with E-state index < -0.39 is 11.6 Å². The SMILES string of the molecule is NC(Cc1ccc(F)cc1F)c1cccc2ncccc12. The summed E-state index contributed by atoms with van der Waals surface area (Å²) in [5.74, 6) is -1.15. The molecule has 1 heterocycles. The number of hydrogen-bond acceptors (Lipinski definition) is 2. The molecule has 0 amide bonds. The van der Waals surface area contributed by atoms with Gasteiger partial charge in [0.25, 0.3) is 0 Å². The van der Waals surface area contributed by atoms with E-state index in [0.717, 1.165) is 22.5 Å². The number of nitrogens with two attached hydrogens (primary N) is 1. The number of nitrogens with zero attached hydrogens (tertiary/aromatic N) is 1. The van der Waals surface area contributed by atoms with Gasteiger partial charge in [0.05, 0.1) is 5.52 Å². The molecule has 2 nitrogen and oxygen atoms in total. The topological polar surface area (TPSA) is 38.9 Å². The fourth-order valence-corrected chi connectivity index (χ4v) is 2.48. The second-order valence-electron chi connectivity index (χ2n) is 4.96. The van der Waals surface area contributed by atoms with Crippen molar-refractivity contribution >= 4 is 10.9 Å². The third kappa shape index (κ3) is 2.76. The zero-order chi connectivity index (χ0) is 14.8. The van der Waals surface area contributed by atoms with Crippen LogP contribution in [-0.2, 0) is 6.42 Å². The third-order valence-electron chi connectivity index (χ3n) is 3.53. The number of rotatable bonds is 3. The average molecular weight is 284 g/mol. The Morgan fingerprint density at radius 3 is 2.71 bits per heavy atom. The molecule has 0 aliphatic rings. The average Bonchev–Trinajstić information content (AvgIpc) is 2.49. The predicted octanol–water partition coefficient (Wildman–Crippen LogP) is 3.76. The monoisotopic (exact) mass is 284 g/mol. The summed E-state index contributed by atoms with van der Waals surface area (Å²) in [6.07, 6.45) is 2.03. The molecular formula is C17H14F2N2. The van der Waals surface area contributed by atoms with Gasteiger partial charge in [-0.05, 0) is 35.7 Å². The summed E-state index contributed by atoms with van der Waals surface area (Å²) in [5, 5.41) is 0.954. The van der Waals surface area contributed by atoms with E-state index in [1.54, 1.807) is 6.20 Å². The molecule has 21 heavy (non-hydrogen) atoms. The Labute approximate surface area is 121 Å². The van der Waals surface area contributed by atoms with Gasteiger partial charge in [0.15, 0.2) is 0 Å². The van der Waals surface area contributed by atoms with Gasteiger partial charge in [0.2, 0.25) is 0 Å². The standard InChI is InChI=1S/C17H14F2N2/c18-12-7-6-11(15(19)10-12)9-16(20)13-3-1-5-17-14(13)4-2-8-21-17/h1-8,10,16H,9,20H2. The van der Waals surface area contributed by atoms with Crippen molar-refractivity contribution in [2.75, 3.05) is 0 Å². The second kappa shape index (κ2) is 5.58. The quantitative estimate of drug-likeness (QED) is 0.795. The minimum absolute atomic E-state index is 0.306. The number of pyridine rings is 1. The zero-order valence-electron chi connectivity index (χ0n) is 11.3. The molecule has 2 aromatic carbocycles. The Balaban J connectivity index is 1.95. The molecule has 0 aliphatic carbocycles. The molecule has 4 heteroatoms. The van der Waals surface area contributed by atoms with Crippen molar-refractivity contribution in [3.05, 3.63) is 77.5 Å². The van der Waals surface area contributed by atoms with Crippen LogP contribution < -0.4 is 5.73 Å². The molecular weight excluding hydrogens is 270 g/mol. The first-order valence-corrected chi connectivity index (χ1v) is 6.68. The first-order chi connectivity index (χ1) is 10.1. The molecule has 2 N–H and O–H groups in total. The summed E-state index contributed by atoms with van der Waals surface area (Å²) in [5.41, 5.74) is 8.38. The highest BCUT2D eigenvalue weighted by Crippen LogP contribution is 2.25. The van der Waals surface area contributed by atoms with Crippen LogP contribution in [0.1, 0.15) is 17.2 Å². The van der Waals surface area contributed by atoms with Crippen molar-refractivity contribution < 1.29 is 8.78 Å². The van der Waals surface area contributed by atoms with Gasteiger partial charge >= 0.3 is 0 Å². The molecule has 3 aromatic rings. The Morgan fingerprint density at radius 1 is 1.05 bits per heavy atom. The molecule has 0 saturated carbocycles. The lowest BCUT2D eigenvalue weighted by Crippen LogP contribution is -2.14. The van der Waals surface area contributed by atoms with Crippen LogP contribution in [0.25, 0.3) is 10.9 Å². The van der Waals surface area contributed by atoms with Crippen molar-refractivity contribution in [3.63, 3.8) is 0 Å². The Morgan fingerprint density at radius 2 is 1.90 bits per heavy atom. The highest BCUT2D eigenvalue weighted by Gasteiger charge is 2.13. The van der Waals surface area contributed by atoms with Crippen molar-refractivity contribution in [2.45, 2.75) is 12.5 Å². The second-order valence-corrected chi connectivity index (χ2v) is 4.96. The zero-order valence-corrected chi connectivity index (χ0v) is 11.3. The van der Waals surface area contributed by atoms with Crippen molar-refractivity contribution in [1.82, 2.24) is 4.98 Å². The molecule has 0 radical (unpaired) electrons. The predicted molar refractivity (Wildman–Crippen MR) is 78.7 cm³/mol. The maximum atomic E-state index is 13.7. The van der Waals surface area contributed by atoms with E-state index in [1.807, 2.05) is 30.3 Å². The van der Waals surface area contributed by atoms with E-state index in [-0.39, 0.29) is 6.04 Å². The Kier molecular flexibility index (Phi) is 3.62. The summed E-state index contributed by atoms with van der Waals surface area (Å²) in [4.78, 5) is 4.28. The molecule has 0 saturated heterocycles. The van der Waals surface area contributed by atoms with Crippen molar-refractivity contribution in [3.8, 4) is 0 Å². The molecule has 1 unspecified atom stereocenters. The highest BCUT2D eigenvalue weighted by atomic mass is 19.1. The van der Waals surface area contributed by atoms with E-state index in [4.69, 9.17) is 5.73 Å². The van der Waals surface area contributed by atoms with Crippen molar-refractivity contribution in [1.29, 1.82) is 0 Å². The minimum Gasteiger partial charge on any atom is -0.324 e. The smallest absolute Gasteiger partial charge is 0.129 e. The van der Waals surface area contributed by atoms with Crippen LogP contribution in [0, 0.1) is 11.6 Å². The fourth-order valence-electron chi connectivity index (χ4n) is 2.48. The first kappa shape index (κ1) is 13.6. The number of benzene rings is 2. The summed E-state index contributed by atoms with van der Waals surface area (Å²) in [6, 6.07) is 12.7.